The first-order chi connectivity index (χ1) is 5.17. The maximum atomic E-state index is 6.15. The Hall–Kier alpha value is 1.34. The predicted octanol–water partition coefficient (Wildman–Crippen LogP) is 3.38. The molecule has 0 bridgehead atoms. The van der Waals surface area contributed by atoms with Gasteiger partial charge in [-0.25, -0.2) is 0 Å². The Morgan fingerprint density at radius 2 is 1.73 bits per heavy atom. The Morgan fingerprint density at radius 3 is 2.18 bits per heavy atom. The molecule has 0 aliphatic heterocycles. The Kier molecular flexibility index (Phi) is 4.30. The third kappa shape index (κ3) is 2.94. The van der Waals surface area contributed by atoms with Gasteiger partial charge in [-0.05, 0) is 0 Å². The van der Waals surface area contributed by atoms with Crippen LogP contribution < -0.4 is 0 Å². The van der Waals surface area contributed by atoms with Crippen LogP contribution in [0.2, 0.25) is 3.93 Å². The normalized spacial score (nSPS) is 22.1. The van der Waals surface area contributed by atoms with Gasteiger partial charge in [0.05, 0.1) is 0 Å². The van der Waals surface area contributed by atoms with E-state index in [2.05, 4.69) is 0 Å². The molecule has 0 N–H and O–H groups in total. The summed E-state index contributed by atoms with van der Waals surface area (Å²) in [5.74, 6) is 0. The van der Waals surface area contributed by atoms with Crippen molar-refractivity contribution in [2.24, 2.45) is 0 Å². The molecule has 66 valence electrons. The zero-order valence-corrected chi connectivity index (χ0v) is 11.1. The van der Waals surface area contributed by atoms with E-state index in [0.717, 1.165) is 0 Å². The first-order valence-corrected chi connectivity index (χ1v) is 14.1. The van der Waals surface area contributed by atoms with Gasteiger partial charge in [0.2, 0.25) is 0 Å². The SMILES string of the molecule is C[O][Sn]([Cl])([Cl])[CH]1CCCCC1. The second-order valence-electron chi connectivity index (χ2n) is 3.10. The topological polar surface area (TPSA) is 9.23 Å². The van der Waals surface area contributed by atoms with Crippen molar-refractivity contribution in [1.82, 2.24) is 0 Å². The van der Waals surface area contributed by atoms with E-state index in [1.54, 1.807) is 7.11 Å². The summed E-state index contributed by atoms with van der Waals surface area (Å²) < 4.78 is 5.75. The molecule has 0 heterocycles. The van der Waals surface area contributed by atoms with Gasteiger partial charge in [-0.2, -0.15) is 0 Å². The van der Waals surface area contributed by atoms with Crippen molar-refractivity contribution in [2.45, 2.75) is 36.0 Å². The molecule has 0 saturated heterocycles. The monoisotopic (exact) mass is 304 g/mol. The zero-order chi connectivity index (χ0) is 8.32. The molecular weight excluding hydrogens is 290 g/mol. The molecule has 0 aromatic carbocycles. The first kappa shape index (κ1) is 10.4. The fourth-order valence-corrected chi connectivity index (χ4v) is 8.57. The molecule has 0 spiro atoms. The van der Waals surface area contributed by atoms with E-state index in [1.165, 1.54) is 32.1 Å². The first-order valence-electron chi connectivity index (χ1n) is 4.10. The van der Waals surface area contributed by atoms with Crippen molar-refractivity contribution in [1.29, 1.82) is 0 Å². The van der Waals surface area contributed by atoms with Crippen LogP contribution in [0.15, 0.2) is 0 Å². The summed E-state index contributed by atoms with van der Waals surface area (Å²) in [5.41, 5.74) is 0. The van der Waals surface area contributed by atoms with Crippen LogP contribution in [-0.2, 0) is 3.07 Å². The van der Waals surface area contributed by atoms with Crippen molar-refractivity contribution in [3.63, 3.8) is 0 Å². The minimum absolute atomic E-state index is 0.534. The van der Waals surface area contributed by atoms with Crippen LogP contribution in [-0.4, -0.2) is 23.6 Å². The van der Waals surface area contributed by atoms with E-state index in [-0.39, 0.29) is 0 Å². The van der Waals surface area contributed by atoms with Gasteiger partial charge in [-0.15, -0.1) is 0 Å². The minimum atomic E-state index is -3.04. The van der Waals surface area contributed by atoms with Crippen LogP contribution in [0.1, 0.15) is 32.1 Å². The molecule has 0 atom stereocenters. The summed E-state index contributed by atoms with van der Waals surface area (Å²) in [5, 5.41) is 0. The molecule has 11 heavy (non-hydrogen) atoms. The fourth-order valence-electron chi connectivity index (χ4n) is 1.61. The van der Waals surface area contributed by atoms with Crippen LogP contribution in [0.4, 0.5) is 0 Å². The molecule has 4 heteroatoms. The summed E-state index contributed by atoms with van der Waals surface area (Å²) in [6.45, 7) is 0. The molecule has 1 rings (SSSR count). The number of halogens is 2. The standard InChI is InChI=1S/C6H11.CH3O.2ClH.Sn/c1-2-4-6-5-3-1;1-2;;;/h1H,2-6H2;1H3;2*1H;/q;-1;;;+3/p-2. The van der Waals surface area contributed by atoms with Gasteiger partial charge >= 0.3 is 80.6 Å². The predicted molar refractivity (Wildman–Crippen MR) is 51.3 cm³/mol. The van der Waals surface area contributed by atoms with Gasteiger partial charge in [0.1, 0.15) is 0 Å². The summed E-state index contributed by atoms with van der Waals surface area (Å²) in [7, 11) is 14.0. The number of hydrogen-bond donors (Lipinski definition) is 0. The van der Waals surface area contributed by atoms with Gasteiger partial charge in [0.15, 0.2) is 0 Å². The second-order valence-corrected chi connectivity index (χ2v) is 18.6. The summed E-state index contributed by atoms with van der Waals surface area (Å²) >= 11 is -3.04. The van der Waals surface area contributed by atoms with Gasteiger partial charge in [0, 0.05) is 0 Å². The van der Waals surface area contributed by atoms with Crippen LogP contribution >= 0.6 is 17.8 Å². The van der Waals surface area contributed by atoms with Gasteiger partial charge < -0.3 is 0 Å². The second kappa shape index (κ2) is 4.54. The summed E-state index contributed by atoms with van der Waals surface area (Å²) in [6.07, 6.45) is 6.29. The van der Waals surface area contributed by atoms with E-state index in [4.69, 9.17) is 20.9 Å². The van der Waals surface area contributed by atoms with E-state index < -0.39 is 16.5 Å². The van der Waals surface area contributed by atoms with Crippen LogP contribution in [0, 0.1) is 0 Å². The molecule has 1 fully saturated rings. The quantitative estimate of drug-likeness (QED) is 0.711. The molecular formula is C7H14Cl2OSn. The average molecular weight is 304 g/mol. The molecule has 1 aliphatic rings. The number of hydrogen-bond acceptors (Lipinski definition) is 1. The van der Waals surface area contributed by atoms with Crippen LogP contribution in [0.3, 0.4) is 0 Å². The molecule has 0 amide bonds. The molecule has 0 unspecified atom stereocenters. The third-order valence-electron chi connectivity index (χ3n) is 2.35. The Labute approximate surface area is 80.2 Å². The van der Waals surface area contributed by atoms with Crippen molar-refractivity contribution < 1.29 is 3.07 Å². The maximum absolute atomic E-state index is 6.15. The van der Waals surface area contributed by atoms with Crippen molar-refractivity contribution in [3.05, 3.63) is 0 Å². The molecule has 1 nitrogen and oxygen atoms in total. The Bertz CT molecular complexity index is 124. The van der Waals surface area contributed by atoms with E-state index in [0.29, 0.717) is 3.93 Å². The Morgan fingerprint density at radius 1 is 1.18 bits per heavy atom. The van der Waals surface area contributed by atoms with Crippen molar-refractivity contribution >= 4 is 34.4 Å². The van der Waals surface area contributed by atoms with E-state index >= 15 is 0 Å². The fraction of sp³-hybridized carbons (Fsp3) is 1.00. The average Bonchev–Trinajstić information content (AvgIpc) is 2.06. The zero-order valence-electron chi connectivity index (χ0n) is 6.78. The van der Waals surface area contributed by atoms with Gasteiger partial charge in [-0.3, -0.25) is 0 Å². The van der Waals surface area contributed by atoms with E-state index in [1.807, 2.05) is 0 Å². The molecule has 0 aromatic rings. The Balaban J connectivity index is 2.43. The molecule has 1 saturated carbocycles. The molecule has 0 aromatic heterocycles. The van der Waals surface area contributed by atoms with Crippen LogP contribution in [0.5, 0.6) is 0 Å². The third-order valence-corrected chi connectivity index (χ3v) is 14.5. The summed E-state index contributed by atoms with van der Waals surface area (Å²) in [4.78, 5) is 0. The molecule has 1 aliphatic carbocycles. The number of rotatable bonds is 2. The van der Waals surface area contributed by atoms with Crippen molar-refractivity contribution in [3.8, 4) is 0 Å². The van der Waals surface area contributed by atoms with Crippen LogP contribution in [0.25, 0.3) is 0 Å². The van der Waals surface area contributed by atoms with Gasteiger partial charge in [0.25, 0.3) is 0 Å². The van der Waals surface area contributed by atoms with Gasteiger partial charge in [-0.1, -0.05) is 0 Å². The van der Waals surface area contributed by atoms with E-state index in [9.17, 15) is 0 Å². The molecule has 0 radical (unpaired) electrons. The van der Waals surface area contributed by atoms with Crippen molar-refractivity contribution in [2.75, 3.05) is 7.11 Å². The summed E-state index contributed by atoms with van der Waals surface area (Å²) in [6, 6.07) is 0.